The summed E-state index contributed by atoms with van der Waals surface area (Å²) < 4.78 is 14.2. The number of thiocarbonyl (C=S) groups is 1. The average Bonchev–Trinajstić information content (AvgIpc) is 2.68. The lowest BCUT2D eigenvalue weighted by Crippen LogP contribution is -2.43. The van der Waals surface area contributed by atoms with Crippen LogP contribution in [0.3, 0.4) is 0 Å². The Labute approximate surface area is 178 Å². The van der Waals surface area contributed by atoms with Crippen LogP contribution in [0.5, 0.6) is 0 Å². The fourth-order valence-electron chi connectivity index (χ4n) is 3.65. The first kappa shape index (κ1) is 20.5. The molecule has 2 N–H and O–H groups in total. The van der Waals surface area contributed by atoms with Gasteiger partial charge in [0.1, 0.15) is 5.82 Å². The lowest BCUT2D eigenvalue weighted by atomic mass is 9.69. The van der Waals surface area contributed by atoms with Gasteiger partial charge in [0.15, 0.2) is 10.9 Å². The van der Waals surface area contributed by atoms with Crippen LogP contribution in [0.15, 0.2) is 34.9 Å². The van der Waals surface area contributed by atoms with E-state index in [1.165, 1.54) is 31.4 Å². The number of hydrogen-bond donors (Lipinski definition) is 2. The summed E-state index contributed by atoms with van der Waals surface area (Å²) in [4.78, 5) is 4.30. The number of benzene rings is 1. The molecule has 3 rings (SSSR count). The number of anilines is 1. The molecule has 1 aliphatic rings. The second-order valence-electron chi connectivity index (χ2n) is 7.05. The van der Waals surface area contributed by atoms with Crippen LogP contribution in [0, 0.1) is 12.7 Å². The molecule has 1 aromatic carbocycles. The van der Waals surface area contributed by atoms with Gasteiger partial charge in [-0.25, -0.2) is 9.37 Å². The second kappa shape index (κ2) is 8.84. The number of halogens is 3. The van der Waals surface area contributed by atoms with E-state index in [1.54, 1.807) is 6.20 Å². The molecule has 0 unspecified atom stereocenters. The van der Waals surface area contributed by atoms with Gasteiger partial charge in [0.05, 0.1) is 5.02 Å². The molecule has 0 bridgehead atoms. The van der Waals surface area contributed by atoms with E-state index in [9.17, 15) is 4.39 Å². The number of nitrogens with one attached hydrogen (secondary N) is 2. The molecule has 1 aliphatic carbocycles. The van der Waals surface area contributed by atoms with E-state index >= 15 is 0 Å². The molecule has 144 valence electrons. The molecular formula is C20H22BrClFN3S. The molecule has 0 saturated heterocycles. The minimum absolute atomic E-state index is 0.0372. The van der Waals surface area contributed by atoms with Gasteiger partial charge in [0.2, 0.25) is 0 Å². The first-order valence-electron chi connectivity index (χ1n) is 9.03. The number of hydrogen-bond acceptors (Lipinski definition) is 2. The zero-order valence-electron chi connectivity index (χ0n) is 15.1. The van der Waals surface area contributed by atoms with Crippen molar-refractivity contribution in [3.05, 3.63) is 56.9 Å². The van der Waals surface area contributed by atoms with E-state index in [1.807, 2.05) is 19.1 Å². The Morgan fingerprint density at radius 3 is 2.59 bits per heavy atom. The summed E-state index contributed by atoms with van der Waals surface area (Å²) in [5.74, 6) is 0.329. The Balaban J connectivity index is 1.71. The van der Waals surface area contributed by atoms with Crippen LogP contribution in [-0.2, 0) is 5.41 Å². The van der Waals surface area contributed by atoms with Crippen molar-refractivity contribution in [2.45, 2.75) is 44.4 Å². The minimum Gasteiger partial charge on any atom is -0.362 e. The maximum absolute atomic E-state index is 13.4. The molecule has 27 heavy (non-hydrogen) atoms. The highest BCUT2D eigenvalue weighted by atomic mass is 79.9. The Hall–Kier alpha value is -1.24. The van der Waals surface area contributed by atoms with Gasteiger partial charge in [-0.15, -0.1) is 0 Å². The van der Waals surface area contributed by atoms with E-state index < -0.39 is 0 Å². The van der Waals surface area contributed by atoms with Crippen molar-refractivity contribution in [3.63, 3.8) is 0 Å². The number of aromatic nitrogens is 1. The molecule has 1 saturated carbocycles. The van der Waals surface area contributed by atoms with Crippen molar-refractivity contribution in [3.8, 4) is 0 Å². The molecule has 0 aliphatic heterocycles. The van der Waals surface area contributed by atoms with Gasteiger partial charge in [-0.2, -0.15) is 0 Å². The molecule has 0 amide bonds. The van der Waals surface area contributed by atoms with Crippen LogP contribution in [-0.4, -0.2) is 16.6 Å². The summed E-state index contributed by atoms with van der Waals surface area (Å²) in [5, 5.41) is 7.45. The monoisotopic (exact) mass is 469 g/mol. The molecule has 1 aromatic heterocycles. The predicted molar refractivity (Wildman–Crippen MR) is 117 cm³/mol. The van der Waals surface area contributed by atoms with Crippen LogP contribution in [0.25, 0.3) is 0 Å². The summed E-state index contributed by atoms with van der Waals surface area (Å²) in [5.41, 5.74) is 2.03. The zero-order chi connectivity index (χ0) is 19.4. The van der Waals surface area contributed by atoms with Crippen LogP contribution in [0.4, 0.5) is 10.2 Å². The average molecular weight is 471 g/mol. The van der Waals surface area contributed by atoms with Crippen molar-refractivity contribution < 1.29 is 4.39 Å². The molecule has 3 nitrogen and oxygen atoms in total. The van der Waals surface area contributed by atoms with E-state index in [-0.39, 0.29) is 11.2 Å². The van der Waals surface area contributed by atoms with E-state index in [4.69, 9.17) is 23.8 Å². The SMILES string of the molecule is Cc1c(Br)cnc(NC(=S)NCC2(c3ccc(F)cc3)CCCCC2)c1Cl. The van der Waals surface area contributed by atoms with E-state index in [0.29, 0.717) is 22.5 Å². The van der Waals surface area contributed by atoms with E-state index in [2.05, 4.69) is 31.5 Å². The molecule has 0 spiro atoms. The summed E-state index contributed by atoms with van der Waals surface area (Å²) in [6.07, 6.45) is 7.39. The van der Waals surface area contributed by atoms with Gasteiger partial charge >= 0.3 is 0 Å². The van der Waals surface area contributed by atoms with Crippen molar-refractivity contribution >= 4 is 50.7 Å². The summed E-state index contributed by atoms with van der Waals surface area (Å²) >= 11 is 15.2. The van der Waals surface area contributed by atoms with Crippen LogP contribution < -0.4 is 10.6 Å². The highest BCUT2D eigenvalue weighted by molar-refractivity contribution is 9.10. The van der Waals surface area contributed by atoms with Crippen molar-refractivity contribution in [1.29, 1.82) is 0 Å². The van der Waals surface area contributed by atoms with Gasteiger partial charge in [-0.1, -0.05) is 43.0 Å². The maximum atomic E-state index is 13.4. The molecule has 0 atom stereocenters. The molecule has 2 aromatic rings. The van der Waals surface area contributed by atoms with Gasteiger partial charge in [0, 0.05) is 22.6 Å². The molecular weight excluding hydrogens is 449 g/mol. The van der Waals surface area contributed by atoms with Crippen LogP contribution >= 0.6 is 39.7 Å². The summed E-state index contributed by atoms with van der Waals surface area (Å²) in [6, 6.07) is 6.87. The molecule has 0 radical (unpaired) electrons. The van der Waals surface area contributed by atoms with Gasteiger partial charge < -0.3 is 10.6 Å². The third kappa shape index (κ3) is 4.79. The predicted octanol–water partition coefficient (Wildman–Crippen LogP) is 6.13. The maximum Gasteiger partial charge on any atom is 0.172 e. The number of nitrogens with zero attached hydrogens (tertiary/aromatic N) is 1. The minimum atomic E-state index is -0.207. The van der Waals surface area contributed by atoms with E-state index in [0.717, 1.165) is 28.4 Å². The fraction of sp³-hybridized carbons (Fsp3) is 0.400. The van der Waals surface area contributed by atoms with Crippen molar-refractivity contribution in [1.82, 2.24) is 10.3 Å². The Bertz CT molecular complexity index is 823. The summed E-state index contributed by atoms with van der Waals surface area (Å²) in [7, 11) is 0. The highest BCUT2D eigenvalue weighted by Gasteiger charge is 2.34. The standard InChI is InChI=1S/C20H22BrClFN3S/c1-13-16(21)11-24-18(17(13)22)26-19(27)25-12-20(9-3-2-4-10-20)14-5-7-15(23)8-6-14/h5-8,11H,2-4,9-10,12H2,1H3,(H2,24,25,26,27). The quantitative estimate of drug-likeness (QED) is 0.527. The van der Waals surface area contributed by atoms with Gasteiger partial charge in [0.25, 0.3) is 0 Å². The van der Waals surface area contributed by atoms with Crippen molar-refractivity contribution in [2.24, 2.45) is 0 Å². The largest absolute Gasteiger partial charge is 0.362 e. The third-order valence-corrected chi connectivity index (χ3v) is 6.80. The van der Waals surface area contributed by atoms with Crippen LogP contribution in [0.1, 0.15) is 43.2 Å². The van der Waals surface area contributed by atoms with Gasteiger partial charge in [-0.05, 0) is 71.2 Å². The van der Waals surface area contributed by atoms with Crippen LogP contribution in [0.2, 0.25) is 5.02 Å². The fourth-order valence-corrected chi connectivity index (χ4v) is 4.43. The number of pyridine rings is 1. The molecule has 7 heteroatoms. The van der Waals surface area contributed by atoms with Crippen molar-refractivity contribution in [2.75, 3.05) is 11.9 Å². The lowest BCUT2D eigenvalue weighted by molar-refractivity contribution is 0.292. The Morgan fingerprint density at radius 1 is 1.26 bits per heavy atom. The Morgan fingerprint density at radius 2 is 1.93 bits per heavy atom. The molecule has 1 heterocycles. The topological polar surface area (TPSA) is 37.0 Å². The third-order valence-electron chi connectivity index (χ3n) is 5.29. The first-order chi connectivity index (χ1) is 12.9. The molecule has 1 fully saturated rings. The summed E-state index contributed by atoms with van der Waals surface area (Å²) in [6.45, 7) is 2.61. The zero-order valence-corrected chi connectivity index (χ0v) is 18.3. The normalized spacial score (nSPS) is 16.0. The first-order valence-corrected chi connectivity index (χ1v) is 10.6. The second-order valence-corrected chi connectivity index (χ2v) is 8.69. The lowest BCUT2D eigenvalue weighted by Gasteiger charge is -2.38. The Kier molecular flexibility index (Phi) is 6.71. The smallest absolute Gasteiger partial charge is 0.172 e. The number of rotatable bonds is 4. The van der Waals surface area contributed by atoms with Gasteiger partial charge in [-0.3, -0.25) is 0 Å². The highest BCUT2D eigenvalue weighted by Crippen LogP contribution is 2.39.